The Morgan fingerprint density at radius 3 is 2.25 bits per heavy atom. The minimum Gasteiger partial charge on any atom is -0.481 e. The standard InChI is InChI=1S/C25H28N2O4S/c1-5-24(31-22-12-9-18(3)19(4)16-22)25(28)26-20-10-13-23(14-11-20)32(29,30)27-21-8-6-7-17(2)15-21/h6-16,24,27H,5H2,1-4H3,(H,26,28)/t24-/m1/s1. The SMILES string of the molecule is CC[C@@H](Oc1ccc(C)c(C)c1)C(=O)Nc1ccc(S(=O)(=O)Nc2cccc(C)c2)cc1. The van der Waals surface area contributed by atoms with Crippen molar-refractivity contribution in [1.82, 2.24) is 0 Å². The Labute approximate surface area is 189 Å². The van der Waals surface area contributed by atoms with Gasteiger partial charge in [0, 0.05) is 11.4 Å². The highest BCUT2D eigenvalue weighted by Gasteiger charge is 2.20. The van der Waals surface area contributed by atoms with Crippen LogP contribution in [0.1, 0.15) is 30.0 Å². The topological polar surface area (TPSA) is 84.5 Å². The van der Waals surface area contributed by atoms with Gasteiger partial charge in [0.2, 0.25) is 0 Å². The van der Waals surface area contributed by atoms with E-state index < -0.39 is 16.1 Å². The van der Waals surface area contributed by atoms with Crippen LogP contribution >= 0.6 is 0 Å². The fraction of sp³-hybridized carbons (Fsp3) is 0.240. The predicted octanol–water partition coefficient (Wildman–Crippen LogP) is 5.21. The molecule has 0 spiro atoms. The Bertz CT molecular complexity index is 1200. The monoisotopic (exact) mass is 452 g/mol. The number of hydrogen-bond donors (Lipinski definition) is 2. The first-order chi connectivity index (χ1) is 15.2. The number of hydrogen-bond acceptors (Lipinski definition) is 4. The molecule has 0 aromatic heterocycles. The van der Waals surface area contributed by atoms with E-state index in [1.54, 1.807) is 30.3 Å². The van der Waals surface area contributed by atoms with Crippen LogP contribution in [0.2, 0.25) is 0 Å². The molecule has 1 amide bonds. The molecule has 0 heterocycles. The van der Waals surface area contributed by atoms with Crippen molar-refractivity contribution in [2.75, 3.05) is 10.0 Å². The van der Waals surface area contributed by atoms with Crippen LogP contribution in [0.5, 0.6) is 5.75 Å². The minimum absolute atomic E-state index is 0.107. The zero-order valence-electron chi connectivity index (χ0n) is 18.7. The second-order valence-corrected chi connectivity index (χ2v) is 9.43. The molecule has 0 radical (unpaired) electrons. The van der Waals surface area contributed by atoms with Crippen LogP contribution < -0.4 is 14.8 Å². The van der Waals surface area contributed by atoms with Gasteiger partial charge in [-0.15, -0.1) is 0 Å². The highest BCUT2D eigenvalue weighted by Crippen LogP contribution is 2.21. The molecule has 0 aliphatic heterocycles. The number of rotatable bonds is 8. The molecular formula is C25H28N2O4S. The molecule has 0 unspecified atom stereocenters. The van der Waals surface area contributed by atoms with E-state index >= 15 is 0 Å². The van der Waals surface area contributed by atoms with E-state index in [0.717, 1.165) is 16.7 Å². The second-order valence-electron chi connectivity index (χ2n) is 7.75. The van der Waals surface area contributed by atoms with Crippen molar-refractivity contribution in [1.29, 1.82) is 0 Å². The van der Waals surface area contributed by atoms with E-state index in [9.17, 15) is 13.2 Å². The highest BCUT2D eigenvalue weighted by atomic mass is 32.2. The molecule has 32 heavy (non-hydrogen) atoms. The first-order valence-corrected chi connectivity index (χ1v) is 11.9. The maximum atomic E-state index is 12.7. The fourth-order valence-electron chi connectivity index (χ4n) is 3.14. The molecule has 0 aliphatic rings. The van der Waals surface area contributed by atoms with Gasteiger partial charge in [0.25, 0.3) is 15.9 Å². The van der Waals surface area contributed by atoms with E-state index in [2.05, 4.69) is 10.0 Å². The van der Waals surface area contributed by atoms with Crippen LogP contribution in [0, 0.1) is 20.8 Å². The molecule has 3 rings (SSSR count). The molecule has 0 saturated heterocycles. The van der Waals surface area contributed by atoms with Crippen LogP contribution in [0.15, 0.2) is 71.6 Å². The molecular weight excluding hydrogens is 424 g/mol. The predicted molar refractivity (Wildman–Crippen MR) is 128 cm³/mol. The van der Waals surface area contributed by atoms with Gasteiger partial charge in [-0.2, -0.15) is 0 Å². The van der Waals surface area contributed by atoms with Crippen LogP contribution in [0.3, 0.4) is 0 Å². The molecule has 0 bridgehead atoms. The van der Waals surface area contributed by atoms with Gasteiger partial charge in [0.05, 0.1) is 4.90 Å². The Morgan fingerprint density at radius 1 is 0.906 bits per heavy atom. The van der Waals surface area contributed by atoms with Crippen molar-refractivity contribution in [3.05, 3.63) is 83.4 Å². The molecule has 1 atom stereocenters. The molecule has 3 aromatic carbocycles. The number of aryl methyl sites for hydroxylation is 3. The van der Waals surface area contributed by atoms with Crippen LogP contribution in [0.25, 0.3) is 0 Å². The summed E-state index contributed by atoms with van der Waals surface area (Å²) in [6.45, 7) is 7.77. The third-order valence-corrected chi connectivity index (χ3v) is 6.52. The molecule has 168 valence electrons. The maximum Gasteiger partial charge on any atom is 0.265 e. The van der Waals surface area contributed by atoms with Gasteiger partial charge in [0.1, 0.15) is 5.75 Å². The fourth-order valence-corrected chi connectivity index (χ4v) is 4.19. The summed E-state index contributed by atoms with van der Waals surface area (Å²) >= 11 is 0. The summed E-state index contributed by atoms with van der Waals surface area (Å²) in [6, 6.07) is 18.9. The third-order valence-electron chi connectivity index (χ3n) is 5.12. The Balaban J connectivity index is 1.67. The summed E-state index contributed by atoms with van der Waals surface area (Å²) in [6.07, 6.45) is -0.172. The molecule has 0 saturated carbocycles. The van der Waals surface area contributed by atoms with E-state index in [0.29, 0.717) is 23.5 Å². The average Bonchev–Trinajstić information content (AvgIpc) is 2.74. The first-order valence-electron chi connectivity index (χ1n) is 10.4. The Hall–Kier alpha value is -3.32. The van der Waals surface area contributed by atoms with Crippen molar-refractivity contribution in [3.63, 3.8) is 0 Å². The lowest BCUT2D eigenvalue weighted by Gasteiger charge is -2.18. The van der Waals surface area contributed by atoms with Crippen molar-refractivity contribution in [2.45, 2.75) is 45.1 Å². The quantitative estimate of drug-likeness (QED) is 0.491. The number of anilines is 2. The summed E-state index contributed by atoms with van der Waals surface area (Å²) in [5.74, 6) is 0.345. The third kappa shape index (κ3) is 5.88. The van der Waals surface area contributed by atoms with Crippen molar-refractivity contribution in [3.8, 4) is 5.75 Å². The number of ether oxygens (including phenoxy) is 1. The zero-order chi connectivity index (χ0) is 23.3. The van der Waals surface area contributed by atoms with Gasteiger partial charge in [-0.05, 0) is 92.4 Å². The number of carbonyl (C=O) groups is 1. The van der Waals surface area contributed by atoms with Crippen molar-refractivity contribution >= 4 is 27.3 Å². The second kappa shape index (κ2) is 9.87. The average molecular weight is 453 g/mol. The number of amides is 1. The van der Waals surface area contributed by atoms with Gasteiger partial charge in [0.15, 0.2) is 6.10 Å². The molecule has 7 heteroatoms. The Kier molecular flexibility index (Phi) is 7.20. The van der Waals surface area contributed by atoms with Gasteiger partial charge >= 0.3 is 0 Å². The van der Waals surface area contributed by atoms with Crippen LogP contribution in [-0.2, 0) is 14.8 Å². The van der Waals surface area contributed by atoms with Crippen LogP contribution in [-0.4, -0.2) is 20.4 Å². The van der Waals surface area contributed by atoms with Crippen molar-refractivity contribution in [2.24, 2.45) is 0 Å². The number of benzene rings is 3. The summed E-state index contributed by atoms with van der Waals surface area (Å²) < 4.78 is 33.7. The molecule has 0 fully saturated rings. The van der Waals surface area contributed by atoms with Gasteiger partial charge in [-0.1, -0.05) is 25.1 Å². The number of sulfonamides is 1. The lowest BCUT2D eigenvalue weighted by atomic mass is 10.1. The van der Waals surface area contributed by atoms with Crippen LogP contribution in [0.4, 0.5) is 11.4 Å². The highest BCUT2D eigenvalue weighted by molar-refractivity contribution is 7.92. The Morgan fingerprint density at radius 2 is 1.62 bits per heavy atom. The molecule has 2 N–H and O–H groups in total. The largest absolute Gasteiger partial charge is 0.481 e. The molecule has 6 nitrogen and oxygen atoms in total. The molecule has 0 aliphatic carbocycles. The minimum atomic E-state index is -3.73. The zero-order valence-corrected chi connectivity index (χ0v) is 19.5. The summed E-state index contributed by atoms with van der Waals surface area (Å²) in [4.78, 5) is 12.8. The normalized spacial score (nSPS) is 12.1. The number of carbonyl (C=O) groups excluding carboxylic acids is 1. The number of nitrogens with one attached hydrogen (secondary N) is 2. The van der Waals surface area contributed by atoms with E-state index in [-0.39, 0.29) is 10.8 Å². The van der Waals surface area contributed by atoms with E-state index in [4.69, 9.17) is 4.74 Å². The first kappa shape index (κ1) is 23.3. The summed E-state index contributed by atoms with van der Waals surface area (Å²) in [5, 5.41) is 2.80. The summed E-state index contributed by atoms with van der Waals surface area (Å²) in [7, 11) is -3.73. The lowest BCUT2D eigenvalue weighted by Crippen LogP contribution is -2.32. The van der Waals surface area contributed by atoms with E-state index in [1.807, 2.05) is 52.0 Å². The van der Waals surface area contributed by atoms with E-state index in [1.165, 1.54) is 12.1 Å². The smallest absolute Gasteiger partial charge is 0.265 e. The van der Waals surface area contributed by atoms with Gasteiger partial charge in [-0.3, -0.25) is 9.52 Å². The van der Waals surface area contributed by atoms with Gasteiger partial charge in [-0.25, -0.2) is 8.42 Å². The van der Waals surface area contributed by atoms with Gasteiger partial charge < -0.3 is 10.1 Å². The van der Waals surface area contributed by atoms with Crippen molar-refractivity contribution < 1.29 is 17.9 Å². The lowest BCUT2D eigenvalue weighted by molar-refractivity contribution is -0.122. The maximum absolute atomic E-state index is 12.7. The molecule has 3 aromatic rings. The summed E-state index contributed by atoms with van der Waals surface area (Å²) in [5.41, 5.74) is 4.19.